The lowest BCUT2D eigenvalue weighted by molar-refractivity contribution is 0.580. The molecule has 1 aliphatic heterocycles. The molecule has 1 saturated heterocycles. The van der Waals surface area contributed by atoms with E-state index in [1.54, 1.807) is 0 Å². The van der Waals surface area contributed by atoms with Crippen molar-refractivity contribution in [2.75, 3.05) is 36.4 Å². The van der Waals surface area contributed by atoms with E-state index in [9.17, 15) is 0 Å². The summed E-state index contributed by atoms with van der Waals surface area (Å²) in [6.07, 6.45) is 3.70. The molecule has 0 amide bonds. The van der Waals surface area contributed by atoms with Crippen molar-refractivity contribution in [3.05, 3.63) is 36.2 Å². The van der Waals surface area contributed by atoms with Crippen LogP contribution in [-0.4, -0.2) is 46.3 Å². The highest BCUT2D eigenvalue weighted by Gasteiger charge is 2.14. The van der Waals surface area contributed by atoms with Crippen molar-refractivity contribution in [1.29, 1.82) is 0 Å². The van der Waals surface area contributed by atoms with Gasteiger partial charge in [0.15, 0.2) is 0 Å². The van der Waals surface area contributed by atoms with Crippen LogP contribution in [0.2, 0.25) is 0 Å². The molecule has 3 aromatic rings. The number of H-pyrrole nitrogens is 1. The Morgan fingerprint density at radius 2 is 2.04 bits per heavy atom. The van der Waals surface area contributed by atoms with Crippen LogP contribution in [0, 0.1) is 6.92 Å². The first kappa shape index (κ1) is 14.0. The molecule has 0 saturated carbocycles. The van der Waals surface area contributed by atoms with Gasteiger partial charge in [-0.1, -0.05) is 0 Å². The van der Waals surface area contributed by atoms with Crippen LogP contribution < -0.4 is 15.5 Å². The Balaban J connectivity index is 1.61. The normalized spacial score (nSPS) is 15.1. The molecule has 2 aromatic heterocycles. The summed E-state index contributed by atoms with van der Waals surface area (Å²) in [5, 5.41) is 14.8. The fraction of sp³-hybridized carbons (Fsp3) is 0.312. The van der Waals surface area contributed by atoms with E-state index >= 15 is 0 Å². The predicted molar refractivity (Wildman–Crippen MR) is 91.2 cm³/mol. The monoisotopic (exact) mass is 309 g/mol. The lowest BCUT2D eigenvalue weighted by atomic mass is 10.2. The van der Waals surface area contributed by atoms with Crippen LogP contribution in [0.3, 0.4) is 0 Å². The molecular weight excluding hydrogens is 290 g/mol. The summed E-state index contributed by atoms with van der Waals surface area (Å²) in [7, 11) is 0. The summed E-state index contributed by atoms with van der Waals surface area (Å²) in [5.41, 5.74) is 3.04. The zero-order valence-electron chi connectivity index (χ0n) is 13.0. The molecule has 0 bridgehead atoms. The van der Waals surface area contributed by atoms with Crippen LogP contribution in [0.5, 0.6) is 0 Å². The minimum absolute atomic E-state index is 0.781. The van der Waals surface area contributed by atoms with E-state index in [1.807, 2.05) is 31.5 Å². The largest absolute Gasteiger partial charge is 0.340 e. The number of nitrogens with zero attached hydrogens (tertiary/aromatic N) is 4. The van der Waals surface area contributed by atoms with Gasteiger partial charge in [0.2, 0.25) is 5.95 Å². The molecule has 4 rings (SSSR count). The Bertz CT molecular complexity index is 820. The maximum atomic E-state index is 4.71. The Hall–Kier alpha value is -2.67. The summed E-state index contributed by atoms with van der Waals surface area (Å²) in [4.78, 5) is 11.4. The van der Waals surface area contributed by atoms with E-state index in [-0.39, 0.29) is 0 Å². The highest BCUT2D eigenvalue weighted by atomic mass is 15.3. The summed E-state index contributed by atoms with van der Waals surface area (Å²) in [6, 6.07) is 6.09. The Kier molecular flexibility index (Phi) is 3.55. The number of piperazine rings is 1. The van der Waals surface area contributed by atoms with Gasteiger partial charge in [-0.3, -0.25) is 5.10 Å². The number of aryl methyl sites for hydroxylation is 1. The first-order chi connectivity index (χ1) is 11.3. The van der Waals surface area contributed by atoms with Gasteiger partial charge in [-0.2, -0.15) is 10.1 Å². The number of nitrogens with one attached hydrogen (secondary N) is 3. The van der Waals surface area contributed by atoms with Gasteiger partial charge < -0.3 is 15.5 Å². The fourth-order valence-electron chi connectivity index (χ4n) is 2.73. The van der Waals surface area contributed by atoms with Gasteiger partial charge in [-0.15, -0.1) is 0 Å². The van der Waals surface area contributed by atoms with Gasteiger partial charge in [0.05, 0.1) is 11.7 Å². The average molecular weight is 309 g/mol. The minimum atomic E-state index is 0.781. The lowest BCUT2D eigenvalue weighted by Gasteiger charge is -2.27. The summed E-state index contributed by atoms with van der Waals surface area (Å²) in [6.45, 7) is 5.82. The third-order valence-electron chi connectivity index (χ3n) is 4.06. The maximum absolute atomic E-state index is 4.71. The van der Waals surface area contributed by atoms with Crippen molar-refractivity contribution in [2.24, 2.45) is 0 Å². The number of benzene rings is 1. The van der Waals surface area contributed by atoms with Crippen LogP contribution in [0.4, 0.5) is 17.5 Å². The number of aromatic amines is 1. The van der Waals surface area contributed by atoms with Crippen LogP contribution in [0.25, 0.3) is 10.9 Å². The molecule has 118 valence electrons. The summed E-state index contributed by atoms with van der Waals surface area (Å²) >= 11 is 0. The molecule has 0 atom stereocenters. The van der Waals surface area contributed by atoms with E-state index in [0.717, 1.165) is 60.1 Å². The predicted octanol–water partition coefficient (Wildman–Crippen LogP) is 1.81. The van der Waals surface area contributed by atoms with E-state index in [0.29, 0.717) is 0 Å². The molecule has 3 heterocycles. The summed E-state index contributed by atoms with van der Waals surface area (Å²) < 4.78 is 0. The second-order valence-electron chi connectivity index (χ2n) is 5.74. The van der Waals surface area contributed by atoms with E-state index in [2.05, 4.69) is 36.8 Å². The molecule has 1 fully saturated rings. The fourth-order valence-corrected chi connectivity index (χ4v) is 2.73. The second kappa shape index (κ2) is 5.85. The van der Waals surface area contributed by atoms with E-state index < -0.39 is 0 Å². The zero-order valence-corrected chi connectivity index (χ0v) is 13.0. The minimum Gasteiger partial charge on any atom is -0.340 e. The molecule has 1 aliphatic rings. The highest BCUT2D eigenvalue weighted by Crippen LogP contribution is 2.23. The van der Waals surface area contributed by atoms with Crippen molar-refractivity contribution in [3.8, 4) is 0 Å². The molecule has 0 radical (unpaired) electrons. The Labute approximate surface area is 134 Å². The molecule has 3 N–H and O–H groups in total. The topological polar surface area (TPSA) is 81.8 Å². The van der Waals surface area contributed by atoms with Gasteiger partial charge in [-0.25, -0.2) is 4.98 Å². The first-order valence-corrected chi connectivity index (χ1v) is 7.79. The number of hydrogen-bond donors (Lipinski definition) is 3. The van der Waals surface area contributed by atoms with Gasteiger partial charge >= 0.3 is 0 Å². The maximum Gasteiger partial charge on any atom is 0.227 e. The number of fused-ring (bicyclic) bond motifs is 1. The third-order valence-corrected chi connectivity index (χ3v) is 4.06. The van der Waals surface area contributed by atoms with Crippen molar-refractivity contribution < 1.29 is 0 Å². The van der Waals surface area contributed by atoms with Gasteiger partial charge in [0, 0.05) is 49.0 Å². The molecule has 0 spiro atoms. The average Bonchev–Trinajstić information content (AvgIpc) is 3.05. The Morgan fingerprint density at radius 1 is 1.17 bits per heavy atom. The van der Waals surface area contributed by atoms with Crippen LogP contribution in [0.1, 0.15) is 5.56 Å². The standard InChI is InChI=1S/C16H19N7/c1-11-9-18-16(23-6-4-17-5-7-23)21-15(11)20-13-2-3-14-12(8-13)10-19-22-14/h2-3,8-10,17H,4-7H2,1H3,(H,19,22)(H,18,20,21). The highest BCUT2D eigenvalue weighted by molar-refractivity contribution is 5.82. The first-order valence-electron chi connectivity index (χ1n) is 7.79. The SMILES string of the molecule is Cc1cnc(N2CCNCC2)nc1Nc1ccc2[nH]ncc2c1. The van der Waals surface area contributed by atoms with Crippen molar-refractivity contribution in [3.63, 3.8) is 0 Å². The lowest BCUT2D eigenvalue weighted by Crippen LogP contribution is -2.44. The number of anilines is 3. The molecule has 0 aliphatic carbocycles. The molecule has 7 nitrogen and oxygen atoms in total. The molecule has 0 unspecified atom stereocenters. The zero-order chi connectivity index (χ0) is 15.6. The smallest absolute Gasteiger partial charge is 0.227 e. The van der Waals surface area contributed by atoms with Crippen LogP contribution in [-0.2, 0) is 0 Å². The van der Waals surface area contributed by atoms with Crippen molar-refractivity contribution in [2.45, 2.75) is 6.92 Å². The third kappa shape index (κ3) is 2.83. The van der Waals surface area contributed by atoms with Gasteiger partial charge in [0.25, 0.3) is 0 Å². The van der Waals surface area contributed by atoms with E-state index in [4.69, 9.17) is 4.98 Å². The molecule has 23 heavy (non-hydrogen) atoms. The van der Waals surface area contributed by atoms with Gasteiger partial charge in [-0.05, 0) is 25.1 Å². The van der Waals surface area contributed by atoms with Crippen molar-refractivity contribution >= 4 is 28.4 Å². The Morgan fingerprint density at radius 3 is 2.91 bits per heavy atom. The number of aromatic nitrogens is 4. The van der Waals surface area contributed by atoms with E-state index in [1.165, 1.54) is 0 Å². The van der Waals surface area contributed by atoms with Gasteiger partial charge in [0.1, 0.15) is 5.82 Å². The van der Waals surface area contributed by atoms with Crippen LogP contribution in [0.15, 0.2) is 30.6 Å². The number of rotatable bonds is 3. The second-order valence-corrected chi connectivity index (χ2v) is 5.74. The molecule has 1 aromatic carbocycles. The van der Waals surface area contributed by atoms with Crippen molar-refractivity contribution in [1.82, 2.24) is 25.5 Å². The summed E-state index contributed by atoms with van der Waals surface area (Å²) in [5.74, 6) is 1.63. The van der Waals surface area contributed by atoms with Crippen LogP contribution >= 0.6 is 0 Å². The molecule has 7 heteroatoms. The number of hydrogen-bond acceptors (Lipinski definition) is 6. The molecular formula is C16H19N7. The quantitative estimate of drug-likeness (QED) is 0.684.